The molecule has 3 fully saturated rings. The Balaban J connectivity index is 1.81. The number of fused-ring (bicyclic) bond motifs is 5. The smallest absolute Gasteiger partial charge is 0.398 e. The molecule has 6 nitrogen and oxygen atoms in total. The van der Waals surface area contributed by atoms with Gasteiger partial charge in [-0.1, -0.05) is 0 Å². The highest BCUT2D eigenvalue weighted by Gasteiger charge is 2.79. The van der Waals surface area contributed by atoms with Crippen molar-refractivity contribution in [3.63, 3.8) is 0 Å². The van der Waals surface area contributed by atoms with Crippen LogP contribution in [0.4, 0.5) is 24.5 Å². The highest BCUT2D eigenvalue weighted by molar-refractivity contribution is 6.26. The van der Waals surface area contributed by atoms with Crippen LogP contribution in [0.25, 0.3) is 0 Å². The number of hydrogen-bond acceptors (Lipinski definition) is 5. The molecular formula is C17H16ClF3N2O4. The maximum atomic E-state index is 13.2. The second-order valence-corrected chi connectivity index (χ2v) is 8.02. The molecule has 3 heterocycles. The van der Waals surface area contributed by atoms with Crippen LogP contribution in [0.3, 0.4) is 0 Å². The van der Waals surface area contributed by atoms with Crippen LogP contribution in [-0.2, 0) is 20.5 Å². The molecular weight excluding hydrogens is 389 g/mol. The fourth-order valence-electron chi connectivity index (χ4n) is 4.68. The SMILES string of the molecule is CC12OC(C)([C@H](Cl)[C@@H]1O)[C@H]1C(=O)N(c3ccc(N)c(C(F)(F)F)c3)C(=O)C12. The molecule has 6 atom stereocenters. The lowest BCUT2D eigenvalue weighted by Gasteiger charge is -2.35. The third kappa shape index (κ3) is 2.10. The van der Waals surface area contributed by atoms with Crippen molar-refractivity contribution in [3.8, 4) is 0 Å². The van der Waals surface area contributed by atoms with E-state index in [0.29, 0.717) is 11.0 Å². The Morgan fingerprint density at radius 2 is 1.74 bits per heavy atom. The summed E-state index contributed by atoms with van der Waals surface area (Å²) in [7, 11) is 0. The summed E-state index contributed by atoms with van der Waals surface area (Å²) in [6.45, 7) is 3.02. The highest BCUT2D eigenvalue weighted by atomic mass is 35.5. The zero-order valence-corrected chi connectivity index (χ0v) is 15.0. The number of ether oxygens (including phenoxy) is 1. The molecule has 27 heavy (non-hydrogen) atoms. The maximum absolute atomic E-state index is 13.2. The molecule has 4 rings (SSSR count). The minimum absolute atomic E-state index is 0.229. The molecule has 146 valence electrons. The predicted octanol–water partition coefficient (Wildman–Crippen LogP) is 1.92. The first-order chi connectivity index (χ1) is 12.3. The van der Waals surface area contributed by atoms with Gasteiger partial charge in [-0.3, -0.25) is 9.59 Å². The van der Waals surface area contributed by atoms with Crippen LogP contribution in [0.15, 0.2) is 18.2 Å². The van der Waals surface area contributed by atoms with E-state index in [-0.39, 0.29) is 5.69 Å². The Bertz CT molecular complexity index is 840. The molecule has 3 unspecified atom stereocenters. The number of alkyl halides is 4. The summed E-state index contributed by atoms with van der Waals surface area (Å²) in [5, 5.41) is 9.47. The average Bonchev–Trinajstić information content (AvgIpc) is 3.04. The number of anilines is 2. The van der Waals surface area contributed by atoms with E-state index in [0.717, 1.165) is 6.07 Å². The van der Waals surface area contributed by atoms with Gasteiger partial charge in [0, 0.05) is 5.69 Å². The fourth-order valence-corrected chi connectivity index (χ4v) is 5.11. The molecule has 2 amide bonds. The highest BCUT2D eigenvalue weighted by Crippen LogP contribution is 2.62. The number of hydrogen-bond donors (Lipinski definition) is 2. The van der Waals surface area contributed by atoms with Gasteiger partial charge in [-0.05, 0) is 32.0 Å². The van der Waals surface area contributed by atoms with Crippen LogP contribution in [-0.4, -0.2) is 39.6 Å². The molecule has 0 spiro atoms. The molecule has 2 bridgehead atoms. The number of halogens is 4. The van der Waals surface area contributed by atoms with E-state index in [2.05, 4.69) is 0 Å². The van der Waals surface area contributed by atoms with E-state index < -0.39 is 63.8 Å². The summed E-state index contributed by atoms with van der Waals surface area (Å²) in [6, 6.07) is 2.86. The van der Waals surface area contributed by atoms with Gasteiger partial charge in [-0.15, -0.1) is 11.6 Å². The van der Waals surface area contributed by atoms with Crippen LogP contribution in [0.1, 0.15) is 19.4 Å². The number of rotatable bonds is 1. The zero-order valence-electron chi connectivity index (χ0n) is 14.2. The van der Waals surface area contributed by atoms with Crippen LogP contribution in [0, 0.1) is 11.8 Å². The van der Waals surface area contributed by atoms with Gasteiger partial charge >= 0.3 is 6.18 Å². The Morgan fingerprint density at radius 3 is 2.30 bits per heavy atom. The van der Waals surface area contributed by atoms with E-state index in [1.165, 1.54) is 19.9 Å². The molecule has 0 saturated carbocycles. The number of benzene rings is 1. The minimum Gasteiger partial charge on any atom is -0.398 e. The summed E-state index contributed by atoms with van der Waals surface area (Å²) in [6.07, 6.45) is -5.93. The number of aliphatic hydroxyl groups excluding tert-OH is 1. The van der Waals surface area contributed by atoms with Crippen molar-refractivity contribution in [2.75, 3.05) is 10.6 Å². The van der Waals surface area contributed by atoms with Gasteiger partial charge in [0.2, 0.25) is 11.8 Å². The zero-order chi connectivity index (χ0) is 20.1. The predicted molar refractivity (Wildman–Crippen MR) is 88.9 cm³/mol. The molecule has 1 aromatic carbocycles. The summed E-state index contributed by atoms with van der Waals surface area (Å²) >= 11 is 6.25. The number of carbonyl (C=O) groups is 2. The van der Waals surface area contributed by atoms with Crippen molar-refractivity contribution in [3.05, 3.63) is 23.8 Å². The van der Waals surface area contributed by atoms with Crippen molar-refractivity contribution in [2.24, 2.45) is 11.8 Å². The van der Waals surface area contributed by atoms with Crippen molar-refractivity contribution in [2.45, 2.75) is 42.7 Å². The van der Waals surface area contributed by atoms with E-state index in [4.69, 9.17) is 22.1 Å². The van der Waals surface area contributed by atoms with Crippen LogP contribution in [0.5, 0.6) is 0 Å². The Hall–Kier alpha value is -1.84. The molecule has 3 aliphatic heterocycles. The number of nitrogens with zero attached hydrogens (tertiary/aromatic N) is 1. The Kier molecular flexibility index (Phi) is 3.53. The lowest BCUT2D eigenvalue weighted by Crippen LogP contribution is -2.55. The largest absolute Gasteiger partial charge is 0.418 e. The number of carbonyl (C=O) groups excluding carboxylic acids is 2. The van der Waals surface area contributed by atoms with Crippen LogP contribution in [0.2, 0.25) is 0 Å². The number of aliphatic hydroxyl groups is 1. The second-order valence-electron chi connectivity index (χ2n) is 7.55. The monoisotopic (exact) mass is 404 g/mol. The molecule has 3 aliphatic rings. The summed E-state index contributed by atoms with van der Waals surface area (Å²) in [5.74, 6) is -3.46. The molecule has 10 heteroatoms. The lowest BCUT2D eigenvalue weighted by molar-refractivity contribution is -0.137. The van der Waals surface area contributed by atoms with Crippen LogP contribution >= 0.6 is 11.6 Å². The van der Waals surface area contributed by atoms with Gasteiger partial charge in [-0.25, -0.2) is 4.90 Å². The second kappa shape index (κ2) is 5.15. The number of nitrogen functional groups attached to an aromatic ring is 1. The van der Waals surface area contributed by atoms with Crippen molar-refractivity contribution in [1.82, 2.24) is 0 Å². The quantitative estimate of drug-likeness (QED) is 0.424. The third-order valence-corrected chi connectivity index (χ3v) is 6.67. The molecule has 3 N–H and O–H groups in total. The molecule has 0 aromatic heterocycles. The van der Waals surface area contributed by atoms with Gasteiger partial charge in [0.05, 0.1) is 34.1 Å². The lowest BCUT2D eigenvalue weighted by atomic mass is 9.67. The Labute approximate surface area is 157 Å². The van der Waals surface area contributed by atoms with E-state index >= 15 is 0 Å². The number of amides is 2. The summed E-state index contributed by atoms with van der Waals surface area (Å²) in [4.78, 5) is 26.7. The number of nitrogens with two attached hydrogens (primary N) is 1. The summed E-state index contributed by atoms with van der Waals surface area (Å²) in [5.41, 5.74) is 0.818. The first-order valence-corrected chi connectivity index (χ1v) is 8.64. The normalized spacial score (nSPS) is 40.8. The van der Waals surface area contributed by atoms with Gasteiger partial charge in [-0.2, -0.15) is 13.2 Å². The minimum atomic E-state index is -4.74. The molecule has 0 radical (unpaired) electrons. The van der Waals surface area contributed by atoms with Crippen LogP contribution < -0.4 is 10.6 Å². The molecule has 1 aromatic rings. The Morgan fingerprint density at radius 1 is 1.19 bits per heavy atom. The number of imide groups is 1. The van der Waals surface area contributed by atoms with Gasteiger partial charge in [0.1, 0.15) is 11.7 Å². The summed E-state index contributed by atoms with van der Waals surface area (Å²) < 4.78 is 45.3. The van der Waals surface area contributed by atoms with E-state index in [1.807, 2.05) is 0 Å². The average molecular weight is 405 g/mol. The van der Waals surface area contributed by atoms with E-state index in [9.17, 15) is 27.9 Å². The molecule has 3 saturated heterocycles. The van der Waals surface area contributed by atoms with Gasteiger partial charge < -0.3 is 15.6 Å². The van der Waals surface area contributed by atoms with Crippen molar-refractivity contribution in [1.29, 1.82) is 0 Å². The fraction of sp³-hybridized carbons (Fsp3) is 0.529. The first kappa shape index (κ1) is 18.5. The van der Waals surface area contributed by atoms with Crippen molar-refractivity contribution < 1.29 is 32.6 Å². The van der Waals surface area contributed by atoms with E-state index in [1.54, 1.807) is 0 Å². The van der Waals surface area contributed by atoms with Gasteiger partial charge in [0.25, 0.3) is 0 Å². The third-order valence-electron chi connectivity index (χ3n) is 5.99. The molecule has 0 aliphatic carbocycles. The standard InChI is InChI=1S/C17H16ClF3N2O4/c1-15-9-10(16(2,27-15)12(24)11(15)18)14(26)23(13(9)25)6-3-4-8(22)7(5-6)17(19,20)21/h3-5,9-12,24H,22H2,1-2H3/t9-,10?,11-,12+,15?,16?/m1/s1. The first-order valence-electron chi connectivity index (χ1n) is 8.21. The maximum Gasteiger partial charge on any atom is 0.418 e. The van der Waals surface area contributed by atoms with Crippen molar-refractivity contribution >= 4 is 34.8 Å². The van der Waals surface area contributed by atoms with Gasteiger partial charge in [0.15, 0.2) is 0 Å². The topological polar surface area (TPSA) is 92.9 Å².